The number of aliphatic hydroxyl groups is 1. The van der Waals surface area contributed by atoms with Crippen LogP contribution in [0.2, 0.25) is 5.15 Å². The van der Waals surface area contributed by atoms with Gasteiger partial charge in [-0.1, -0.05) is 11.6 Å². The highest BCUT2D eigenvalue weighted by molar-refractivity contribution is 6.30. The van der Waals surface area contributed by atoms with Gasteiger partial charge >= 0.3 is 6.01 Å². The van der Waals surface area contributed by atoms with Crippen molar-refractivity contribution in [2.24, 2.45) is 5.41 Å². The van der Waals surface area contributed by atoms with Gasteiger partial charge in [-0.15, -0.1) is 0 Å². The molecule has 1 atom stereocenters. The van der Waals surface area contributed by atoms with Gasteiger partial charge in [0.05, 0.1) is 31.3 Å². The quantitative estimate of drug-likeness (QED) is 0.700. The largest absolute Gasteiger partial charge is 0.463 e. The number of β-amino-alcohol motifs (C(OH)–C–C–N with tert-alkyl or cyclic N) is 1. The number of halogens is 2. The van der Waals surface area contributed by atoms with Gasteiger partial charge in [-0.05, 0) is 26.9 Å². The smallest absolute Gasteiger partial charge is 0.319 e. The van der Waals surface area contributed by atoms with Gasteiger partial charge in [0.2, 0.25) is 0 Å². The number of hydrogen-bond acceptors (Lipinski definition) is 8. The highest BCUT2D eigenvalue weighted by Gasteiger charge is 2.44. The van der Waals surface area contributed by atoms with Gasteiger partial charge in [0, 0.05) is 31.2 Å². The zero-order chi connectivity index (χ0) is 20.6. The number of rotatable bonds is 6. The van der Waals surface area contributed by atoms with E-state index in [1.807, 2.05) is 19.0 Å². The molecule has 1 saturated heterocycles. The van der Waals surface area contributed by atoms with Gasteiger partial charge in [-0.25, -0.2) is 9.37 Å². The van der Waals surface area contributed by atoms with Gasteiger partial charge in [-0.2, -0.15) is 9.97 Å². The van der Waals surface area contributed by atoms with Crippen molar-refractivity contribution in [3.8, 4) is 6.01 Å². The van der Waals surface area contributed by atoms with Crippen molar-refractivity contribution in [1.82, 2.24) is 19.9 Å². The predicted molar refractivity (Wildman–Crippen MR) is 107 cm³/mol. The van der Waals surface area contributed by atoms with Crippen LogP contribution in [0.15, 0.2) is 6.20 Å². The molecule has 158 valence electrons. The molecule has 0 amide bonds. The maximum atomic E-state index is 14.7. The van der Waals surface area contributed by atoms with Crippen LogP contribution in [0.5, 0.6) is 6.01 Å². The SMILES string of the molecule is CN(C)CC1(COc2nc(N3CCOC[C@@H](O)C3)c3cnc(Cl)c(F)c3n2)CC1. The first-order chi connectivity index (χ1) is 13.9. The Morgan fingerprint density at radius 3 is 2.93 bits per heavy atom. The molecule has 2 aromatic rings. The second-order valence-electron chi connectivity index (χ2n) is 8.16. The standard InChI is InChI=1S/C19H25ClFN5O3/c1-25(2)10-19(3-4-19)11-29-18-23-15-13(7-22-16(20)14(15)21)17(24-18)26-5-6-28-9-12(27)8-26/h7,12,27H,3-6,8-11H2,1-2H3/t12-/m0/s1. The first-order valence-electron chi connectivity index (χ1n) is 9.67. The molecule has 2 aliphatic rings. The second kappa shape index (κ2) is 8.14. The average Bonchev–Trinajstić information content (AvgIpc) is 3.46. The lowest BCUT2D eigenvalue weighted by Gasteiger charge is -2.24. The highest BCUT2D eigenvalue weighted by atomic mass is 35.5. The normalized spacial score (nSPS) is 21.4. The van der Waals surface area contributed by atoms with Crippen LogP contribution in [-0.4, -0.2) is 84.6 Å². The Kier molecular flexibility index (Phi) is 5.74. The molecule has 3 heterocycles. The van der Waals surface area contributed by atoms with E-state index in [4.69, 9.17) is 21.1 Å². The maximum absolute atomic E-state index is 14.7. The molecule has 0 radical (unpaired) electrons. The maximum Gasteiger partial charge on any atom is 0.319 e. The number of hydrogen-bond donors (Lipinski definition) is 1. The summed E-state index contributed by atoms with van der Waals surface area (Å²) in [6.45, 7) is 2.84. The van der Waals surface area contributed by atoms with E-state index in [0.29, 0.717) is 37.5 Å². The van der Waals surface area contributed by atoms with Crippen LogP contribution in [0.4, 0.5) is 10.2 Å². The summed E-state index contributed by atoms with van der Waals surface area (Å²) in [6, 6.07) is 0.0957. The summed E-state index contributed by atoms with van der Waals surface area (Å²) in [5, 5.41) is 10.3. The van der Waals surface area contributed by atoms with Crippen molar-refractivity contribution in [2.75, 3.05) is 58.5 Å². The molecular formula is C19H25ClFN5O3. The van der Waals surface area contributed by atoms with Gasteiger partial charge in [0.15, 0.2) is 11.0 Å². The van der Waals surface area contributed by atoms with Crippen LogP contribution in [0.25, 0.3) is 10.9 Å². The Labute approximate surface area is 173 Å². The molecular weight excluding hydrogens is 401 g/mol. The van der Waals surface area contributed by atoms with E-state index in [1.54, 1.807) is 0 Å². The number of fused-ring (bicyclic) bond motifs is 1. The lowest BCUT2D eigenvalue weighted by atomic mass is 10.1. The first-order valence-corrected chi connectivity index (χ1v) is 10.0. The number of aromatic nitrogens is 3. The van der Waals surface area contributed by atoms with Gasteiger partial charge in [0.1, 0.15) is 11.3 Å². The number of nitrogens with zero attached hydrogens (tertiary/aromatic N) is 5. The third-order valence-corrected chi connectivity index (χ3v) is 5.53. The zero-order valence-electron chi connectivity index (χ0n) is 16.6. The van der Waals surface area contributed by atoms with Crippen molar-refractivity contribution in [1.29, 1.82) is 0 Å². The molecule has 1 aliphatic heterocycles. The molecule has 0 aromatic carbocycles. The molecule has 2 fully saturated rings. The summed E-state index contributed by atoms with van der Waals surface area (Å²) in [7, 11) is 4.06. The highest BCUT2D eigenvalue weighted by Crippen LogP contribution is 2.46. The molecule has 4 rings (SSSR count). The summed E-state index contributed by atoms with van der Waals surface area (Å²) in [4.78, 5) is 16.7. The molecule has 0 bridgehead atoms. The van der Waals surface area contributed by atoms with Crippen molar-refractivity contribution in [3.05, 3.63) is 17.2 Å². The average molecular weight is 426 g/mol. The van der Waals surface area contributed by atoms with Crippen LogP contribution in [0.3, 0.4) is 0 Å². The molecule has 0 spiro atoms. The number of aliphatic hydroxyl groups excluding tert-OH is 1. The van der Waals surface area contributed by atoms with Crippen LogP contribution >= 0.6 is 11.6 Å². The molecule has 1 saturated carbocycles. The Balaban J connectivity index is 1.68. The summed E-state index contributed by atoms with van der Waals surface area (Å²) in [5.41, 5.74) is 0.144. The lowest BCUT2D eigenvalue weighted by molar-refractivity contribution is 0.0597. The van der Waals surface area contributed by atoms with Crippen molar-refractivity contribution in [3.63, 3.8) is 0 Å². The Morgan fingerprint density at radius 1 is 1.41 bits per heavy atom. The number of anilines is 1. The summed E-state index contributed by atoms with van der Waals surface area (Å²) < 4.78 is 26.0. The summed E-state index contributed by atoms with van der Waals surface area (Å²) >= 11 is 5.88. The minimum absolute atomic E-state index is 0.0575. The summed E-state index contributed by atoms with van der Waals surface area (Å²) in [5.74, 6) is -0.256. The van der Waals surface area contributed by atoms with Crippen molar-refractivity contribution in [2.45, 2.75) is 18.9 Å². The molecule has 29 heavy (non-hydrogen) atoms. The molecule has 1 aliphatic carbocycles. The minimum Gasteiger partial charge on any atom is -0.463 e. The Hall–Kier alpha value is -1.81. The lowest BCUT2D eigenvalue weighted by Crippen LogP contribution is -2.33. The summed E-state index contributed by atoms with van der Waals surface area (Å²) in [6.07, 6.45) is 2.93. The topological polar surface area (TPSA) is 83.8 Å². The monoisotopic (exact) mass is 425 g/mol. The fourth-order valence-corrected chi connectivity index (χ4v) is 3.84. The van der Waals surface area contributed by atoms with E-state index < -0.39 is 11.9 Å². The molecule has 8 nitrogen and oxygen atoms in total. The van der Waals surface area contributed by atoms with E-state index >= 15 is 0 Å². The molecule has 2 aromatic heterocycles. The number of ether oxygens (including phenoxy) is 2. The third-order valence-electron chi connectivity index (χ3n) is 5.26. The first kappa shape index (κ1) is 20.5. The predicted octanol–water partition coefficient (Wildman–Crippen LogP) is 1.74. The van der Waals surface area contributed by atoms with Crippen LogP contribution in [0.1, 0.15) is 12.8 Å². The third kappa shape index (κ3) is 4.53. The van der Waals surface area contributed by atoms with E-state index in [0.717, 1.165) is 19.4 Å². The van der Waals surface area contributed by atoms with Gasteiger partial charge < -0.3 is 24.4 Å². The Bertz CT molecular complexity index is 896. The van der Waals surface area contributed by atoms with Crippen LogP contribution < -0.4 is 9.64 Å². The van der Waals surface area contributed by atoms with E-state index in [1.165, 1.54) is 6.20 Å². The van der Waals surface area contributed by atoms with E-state index in [9.17, 15) is 9.50 Å². The van der Waals surface area contributed by atoms with Crippen molar-refractivity contribution >= 4 is 28.3 Å². The van der Waals surface area contributed by atoms with Crippen LogP contribution in [0, 0.1) is 11.2 Å². The minimum atomic E-state index is -0.710. The van der Waals surface area contributed by atoms with E-state index in [2.05, 4.69) is 19.9 Å². The van der Waals surface area contributed by atoms with Crippen LogP contribution in [-0.2, 0) is 4.74 Å². The molecule has 10 heteroatoms. The van der Waals surface area contributed by atoms with Gasteiger partial charge in [-0.3, -0.25) is 0 Å². The van der Waals surface area contributed by atoms with Gasteiger partial charge in [0.25, 0.3) is 0 Å². The Morgan fingerprint density at radius 2 is 2.21 bits per heavy atom. The fourth-order valence-electron chi connectivity index (χ4n) is 3.70. The van der Waals surface area contributed by atoms with Crippen molar-refractivity contribution < 1.29 is 19.0 Å². The zero-order valence-corrected chi connectivity index (χ0v) is 17.3. The van der Waals surface area contributed by atoms with E-state index in [-0.39, 0.29) is 28.7 Å². The second-order valence-corrected chi connectivity index (χ2v) is 8.51. The molecule has 1 N–H and O–H groups in total. The molecule has 0 unspecified atom stereocenters. The number of pyridine rings is 1. The fraction of sp³-hybridized carbons (Fsp3) is 0.632.